The van der Waals surface area contributed by atoms with Crippen LogP contribution in [0, 0.1) is 17.8 Å². The Bertz CT molecular complexity index is 156. The van der Waals surface area contributed by atoms with Crippen LogP contribution < -0.4 is 0 Å². The number of hydrogen-bond donors (Lipinski definition) is 1. The number of rotatable bonds is 2. The first-order chi connectivity index (χ1) is 5.65. The first-order valence-corrected chi connectivity index (χ1v) is 4.78. The summed E-state index contributed by atoms with van der Waals surface area (Å²) in [7, 11) is 0. The molecule has 1 saturated carbocycles. The summed E-state index contributed by atoms with van der Waals surface area (Å²) >= 11 is 0. The molecule has 1 aliphatic rings. The predicted molar refractivity (Wildman–Crippen MR) is 47.7 cm³/mol. The molecule has 12 heavy (non-hydrogen) atoms. The van der Waals surface area contributed by atoms with E-state index in [0.29, 0.717) is 11.8 Å². The lowest BCUT2D eigenvalue weighted by atomic mass is 9.76. The third-order valence-electron chi connectivity index (χ3n) is 3.15. The van der Waals surface area contributed by atoms with Gasteiger partial charge in [-0.15, -0.1) is 0 Å². The largest absolute Gasteiger partial charge is 0.393 e. The van der Waals surface area contributed by atoms with Crippen LogP contribution in [0.2, 0.25) is 0 Å². The molecule has 2 heteroatoms. The van der Waals surface area contributed by atoms with Crippen molar-refractivity contribution in [2.24, 2.45) is 17.8 Å². The molecule has 1 unspecified atom stereocenters. The quantitative estimate of drug-likeness (QED) is 0.639. The molecule has 0 bridgehead atoms. The zero-order valence-electron chi connectivity index (χ0n) is 7.86. The molecule has 2 nitrogen and oxygen atoms in total. The van der Waals surface area contributed by atoms with Crippen LogP contribution >= 0.6 is 0 Å². The smallest absolute Gasteiger partial charge is 0.123 e. The molecule has 1 rings (SSSR count). The fourth-order valence-corrected chi connectivity index (χ4v) is 1.92. The Morgan fingerprint density at radius 1 is 1.50 bits per heavy atom. The van der Waals surface area contributed by atoms with Gasteiger partial charge in [0.1, 0.15) is 6.29 Å². The molecule has 70 valence electrons. The van der Waals surface area contributed by atoms with Gasteiger partial charge in [0.05, 0.1) is 6.10 Å². The summed E-state index contributed by atoms with van der Waals surface area (Å²) in [5.74, 6) is 0.945. The van der Waals surface area contributed by atoms with E-state index in [0.717, 1.165) is 25.5 Å². The fraction of sp³-hybridized carbons (Fsp3) is 0.900. The van der Waals surface area contributed by atoms with Crippen LogP contribution in [0.4, 0.5) is 0 Å². The monoisotopic (exact) mass is 170 g/mol. The van der Waals surface area contributed by atoms with E-state index in [4.69, 9.17) is 0 Å². The van der Waals surface area contributed by atoms with Gasteiger partial charge in [-0.25, -0.2) is 0 Å². The van der Waals surface area contributed by atoms with Crippen molar-refractivity contribution in [1.82, 2.24) is 0 Å². The Kier molecular flexibility index (Phi) is 3.27. The van der Waals surface area contributed by atoms with Gasteiger partial charge in [-0.1, -0.05) is 13.8 Å². The number of aldehydes is 1. The highest BCUT2D eigenvalue weighted by Crippen LogP contribution is 2.32. The van der Waals surface area contributed by atoms with Gasteiger partial charge in [0.25, 0.3) is 0 Å². The van der Waals surface area contributed by atoms with Crippen molar-refractivity contribution in [2.45, 2.75) is 39.2 Å². The Morgan fingerprint density at radius 2 is 2.17 bits per heavy atom. The van der Waals surface area contributed by atoms with Gasteiger partial charge in [0, 0.05) is 5.92 Å². The minimum Gasteiger partial charge on any atom is -0.393 e. The Balaban J connectivity index is 2.44. The molecule has 1 N–H and O–H groups in total. The molecule has 0 radical (unpaired) electrons. The molecule has 0 amide bonds. The molecule has 1 fully saturated rings. The summed E-state index contributed by atoms with van der Waals surface area (Å²) in [5, 5.41) is 9.58. The summed E-state index contributed by atoms with van der Waals surface area (Å²) < 4.78 is 0. The summed E-state index contributed by atoms with van der Waals surface area (Å²) in [6.07, 6.45) is 3.78. The maximum absolute atomic E-state index is 10.5. The third kappa shape index (κ3) is 2.07. The van der Waals surface area contributed by atoms with Crippen LogP contribution in [-0.4, -0.2) is 17.5 Å². The SMILES string of the molecule is CC(C=O)[C@H]1CC[C@H](C)[C@H](O)C1. The van der Waals surface area contributed by atoms with Crippen molar-refractivity contribution in [3.05, 3.63) is 0 Å². The van der Waals surface area contributed by atoms with Crippen LogP contribution in [-0.2, 0) is 4.79 Å². The number of hydrogen-bond acceptors (Lipinski definition) is 2. The van der Waals surface area contributed by atoms with E-state index >= 15 is 0 Å². The van der Waals surface area contributed by atoms with E-state index < -0.39 is 0 Å². The van der Waals surface area contributed by atoms with E-state index in [1.165, 1.54) is 0 Å². The zero-order valence-corrected chi connectivity index (χ0v) is 7.86. The van der Waals surface area contributed by atoms with Crippen molar-refractivity contribution in [3.8, 4) is 0 Å². The average Bonchev–Trinajstić information content (AvgIpc) is 2.08. The molecule has 0 spiro atoms. The molecule has 0 heterocycles. The lowest BCUT2D eigenvalue weighted by molar-refractivity contribution is -0.113. The lowest BCUT2D eigenvalue weighted by Crippen LogP contribution is -2.30. The Hall–Kier alpha value is -0.370. The van der Waals surface area contributed by atoms with Crippen LogP contribution in [0.15, 0.2) is 0 Å². The van der Waals surface area contributed by atoms with E-state index in [9.17, 15) is 9.90 Å². The van der Waals surface area contributed by atoms with Gasteiger partial charge in [-0.2, -0.15) is 0 Å². The highest BCUT2D eigenvalue weighted by Gasteiger charge is 2.28. The standard InChI is InChI=1S/C10H18O2/c1-7-3-4-9(5-10(7)12)8(2)6-11/h6-10,12H,3-5H2,1-2H3/t7-,8?,9-,10+/m0/s1. The Labute approximate surface area is 74.0 Å². The molecule has 4 atom stereocenters. The van der Waals surface area contributed by atoms with Crippen molar-refractivity contribution in [1.29, 1.82) is 0 Å². The van der Waals surface area contributed by atoms with Crippen LogP contribution in [0.25, 0.3) is 0 Å². The van der Waals surface area contributed by atoms with Crippen molar-refractivity contribution < 1.29 is 9.90 Å². The number of aliphatic hydroxyl groups is 1. The van der Waals surface area contributed by atoms with Crippen molar-refractivity contribution in [2.75, 3.05) is 0 Å². The number of carbonyl (C=O) groups is 1. The molecular weight excluding hydrogens is 152 g/mol. The summed E-state index contributed by atoms with van der Waals surface area (Å²) in [4.78, 5) is 10.5. The number of carbonyl (C=O) groups excluding carboxylic acids is 1. The second kappa shape index (κ2) is 4.04. The van der Waals surface area contributed by atoms with Gasteiger partial charge in [0.15, 0.2) is 0 Å². The minimum absolute atomic E-state index is 0.118. The maximum Gasteiger partial charge on any atom is 0.123 e. The fourth-order valence-electron chi connectivity index (χ4n) is 1.92. The summed E-state index contributed by atoms with van der Waals surface area (Å²) in [6.45, 7) is 4.02. The molecule has 0 aromatic carbocycles. The zero-order chi connectivity index (χ0) is 9.14. The highest BCUT2D eigenvalue weighted by molar-refractivity contribution is 5.53. The van der Waals surface area contributed by atoms with Gasteiger partial charge in [-0.05, 0) is 31.1 Å². The molecule has 0 aromatic rings. The van der Waals surface area contributed by atoms with Crippen LogP contribution in [0.3, 0.4) is 0 Å². The summed E-state index contributed by atoms with van der Waals surface area (Å²) in [5.41, 5.74) is 0. The second-order valence-corrected chi connectivity index (χ2v) is 4.11. The summed E-state index contributed by atoms with van der Waals surface area (Å²) in [6, 6.07) is 0. The van der Waals surface area contributed by atoms with Gasteiger partial charge >= 0.3 is 0 Å². The van der Waals surface area contributed by atoms with E-state index in [1.54, 1.807) is 0 Å². The third-order valence-corrected chi connectivity index (χ3v) is 3.15. The Morgan fingerprint density at radius 3 is 2.67 bits per heavy atom. The minimum atomic E-state index is -0.189. The van der Waals surface area contributed by atoms with Crippen LogP contribution in [0.1, 0.15) is 33.1 Å². The molecule has 0 aromatic heterocycles. The first-order valence-electron chi connectivity index (χ1n) is 4.78. The van der Waals surface area contributed by atoms with E-state index in [-0.39, 0.29) is 12.0 Å². The maximum atomic E-state index is 10.5. The average molecular weight is 170 g/mol. The van der Waals surface area contributed by atoms with Crippen LogP contribution in [0.5, 0.6) is 0 Å². The van der Waals surface area contributed by atoms with Gasteiger partial charge in [-0.3, -0.25) is 0 Å². The molecule has 0 saturated heterocycles. The normalized spacial score (nSPS) is 39.1. The number of aliphatic hydroxyl groups excluding tert-OH is 1. The van der Waals surface area contributed by atoms with Crippen molar-refractivity contribution in [3.63, 3.8) is 0 Å². The highest BCUT2D eigenvalue weighted by atomic mass is 16.3. The van der Waals surface area contributed by atoms with Gasteiger partial charge in [0.2, 0.25) is 0 Å². The van der Waals surface area contributed by atoms with Gasteiger partial charge < -0.3 is 9.90 Å². The predicted octanol–water partition coefficient (Wildman–Crippen LogP) is 1.62. The first kappa shape index (κ1) is 9.72. The topological polar surface area (TPSA) is 37.3 Å². The second-order valence-electron chi connectivity index (χ2n) is 4.11. The van der Waals surface area contributed by atoms with E-state index in [1.807, 2.05) is 6.92 Å². The lowest BCUT2D eigenvalue weighted by Gasteiger charge is -2.32. The molecule has 1 aliphatic carbocycles. The molecular formula is C10H18O2. The van der Waals surface area contributed by atoms with Crippen molar-refractivity contribution >= 4 is 6.29 Å². The van der Waals surface area contributed by atoms with E-state index in [2.05, 4.69) is 6.92 Å². The molecule has 0 aliphatic heterocycles.